The molecule has 6 N–H and O–H groups in total. The van der Waals surface area contributed by atoms with Crippen molar-refractivity contribution in [2.24, 2.45) is 0 Å². The highest BCUT2D eigenvalue weighted by atomic mass is 35.5. The van der Waals surface area contributed by atoms with Gasteiger partial charge in [-0.1, -0.05) is 29.7 Å². The van der Waals surface area contributed by atoms with E-state index in [1.54, 1.807) is 12.2 Å². The lowest BCUT2D eigenvalue weighted by atomic mass is 9.93. The number of carbonyl (C=O) groups is 5. The number of benzene rings is 2. The number of nitrogens with zero attached hydrogens (tertiary/aromatic N) is 3. The number of carbonyl (C=O) groups excluding carboxylic acids is 3. The van der Waals surface area contributed by atoms with Crippen molar-refractivity contribution >= 4 is 81.5 Å². The summed E-state index contributed by atoms with van der Waals surface area (Å²) in [4.78, 5) is 82.6. The van der Waals surface area contributed by atoms with Crippen LogP contribution in [0.4, 0.5) is 38.4 Å². The number of hydrogen-bond acceptors (Lipinski definition) is 15. The first-order valence-electron chi connectivity index (χ1n) is 18.7. The van der Waals surface area contributed by atoms with Gasteiger partial charge in [0.15, 0.2) is 6.10 Å². The molecular formula is C38H41ClF5N6O15PS2. The van der Waals surface area contributed by atoms with Crippen molar-refractivity contribution in [1.29, 1.82) is 0 Å². The fraction of sp³-hybridized carbons (Fsp3) is 0.342. The average Bonchev–Trinajstić information content (AvgIpc) is 3.46. The number of carboxylic acid groups (broad SMARTS) is 2. The van der Waals surface area contributed by atoms with Gasteiger partial charge in [-0.15, -0.1) is 6.42 Å². The van der Waals surface area contributed by atoms with E-state index in [1.807, 2.05) is 5.32 Å². The Balaban J connectivity index is 0.000000370. The van der Waals surface area contributed by atoms with Crippen molar-refractivity contribution in [2.75, 3.05) is 41.8 Å². The third-order valence-electron chi connectivity index (χ3n) is 7.72. The van der Waals surface area contributed by atoms with E-state index in [0.717, 1.165) is 35.9 Å². The average molecular weight is 1050 g/mol. The number of hydrogen-bond donors (Lipinski definition) is 6. The number of imide groups is 1. The van der Waals surface area contributed by atoms with Crippen molar-refractivity contribution < 1.29 is 93.1 Å². The van der Waals surface area contributed by atoms with E-state index in [1.165, 1.54) is 22.9 Å². The molecule has 68 heavy (non-hydrogen) atoms. The van der Waals surface area contributed by atoms with E-state index in [9.17, 15) is 63.8 Å². The molecule has 3 aromatic rings. The Morgan fingerprint density at radius 2 is 1.49 bits per heavy atom. The van der Waals surface area contributed by atoms with Crippen LogP contribution in [0.25, 0.3) is 0 Å². The third kappa shape index (κ3) is 19.3. The number of aromatic nitrogens is 2. The number of anilines is 2. The number of amides is 4. The molecule has 0 saturated heterocycles. The van der Waals surface area contributed by atoms with Gasteiger partial charge in [-0.05, 0) is 61.7 Å². The number of rotatable bonds is 15. The van der Waals surface area contributed by atoms with Crippen LogP contribution >= 0.6 is 19.2 Å². The fourth-order valence-electron chi connectivity index (χ4n) is 5.21. The standard InChI is InChI=1S/C18H15ClFNO3.C14H10F4N4O7S.C3H8NO5P.C3H9S/c1-3-10(2)24-16-9-15(14(20)8-13(16)19)21-17(22)11-6-4-5-7-12(11)18(21)23;15-11(16)28-8-5-9(29-12(17)18)20-13(19-8)21-14(25)22-30(26,27)7-4-2-1-3-6(7)10(23)24;5-3(6)1-4-2-10(7,8)9;1-4(2)3/h1,8-10H,4-7H2,2H3;1-5,11-12H,(H,23,24)(H2,19,20,21,22,25);4H,1-2H2,(H,5,6)(H2,7,8,9);1-3H3/q;;;+1/p-1. The van der Waals surface area contributed by atoms with Crippen molar-refractivity contribution in [1.82, 2.24) is 20.0 Å². The number of ether oxygens (including phenoxy) is 3. The van der Waals surface area contributed by atoms with Crippen molar-refractivity contribution in [3.63, 3.8) is 0 Å². The van der Waals surface area contributed by atoms with Crippen molar-refractivity contribution in [2.45, 2.75) is 56.8 Å². The molecule has 2 aliphatic rings. The van der Waals surface area contributed by atoms with E-state index in [4.69, 9.17) is 37.9 Å². The summed E-state index contributed by atoms with van der Waals surface area (Å²) < 4.78 is 113. The van der Waals surface area contributed by atoms with Crippen LogP contribution in [0.1, 0.15) is 43.0 Å². The van der Waals surface area contributed by atoms with E-state index in [0.29, 0.717) is 40.9 Å². The minimum absolute atomic E-state index is 0.0233. The van der Waals surface area contributed by atoms with Gasteiger partial charge in [-0.2, -0.15) is 27.5 Å². The SMILES string of the molecule is C#CC(C)Oc1cc(N2C(=O)C3=C(CCCC3)C2=O)c(F)cc1Cl.C[S+](C)C.O=C(Nc1nc(OC(F)F)cc(OC(F)F)n1)NS(=O)(=O)c1ccccc1C(=O)O.O=C(O)CNCP(=O)([O-])O. The number of urea groups is 1. The molecule has 1 aliphatic carbocycles. The zero-order valence-electron chi connectivity index (χ0n) is 35.7. The largest absolute Gasteiger partial charge is 0.778 e. The van der Waals surface area contributed by atoms with Crippen LogP contribution in [0.3, 0.4) is 0 Å². The molecule has 0 saturated carbocycles. The lowest BCUT2D eigenvalue weighted by molar-refractivity contribution is -0.193. The maximum atomic E-state index is 14.4. The summed E-state index contributed by atoms with van der Waals surface area (Å²) in [6.45, 7) is -5.67. The van der Waals surface area contributed by atoms with E-state index in [-0.39, 0.29) is 16.5 Å². The number of sulfonamides is 1. The highest BCUT2D eigenvalue weighted by molar-refractivity contribution is 7.94. The summed E-state index contributed by atoms with van der Waals surface area (Å²) in [6.07, 6.45) is 13.3. The van der Waals surface area contributed by atoms with Gasteiger partial charge in [-0.25, -0.2) is 32.0 Å². The van der Waals surface area contributed by atoms with Gasteiger partial charge in [0.25, 0.3) is 21.8 Å². The van der Waals surface area contributed by atoms with Crippen molar-refractivity contribution in [3.8, 4) is 29.9 Å². The van der Waals surface area contributed by atoms with Gasteiger partial charge >= 0.3 is 31.2 Å². The zero-order chi connectivity index (χ0) is 51.7. The number of halogens is 6. The molecule has 21 nitrogen and oxygen atoms in total. The number of nitrogens with one attached hydrogen (secondary N) is 3. The molecule has 0 fully saturated rings. The maximum Gasteiger partial charge on any atom is 0.388 e. The molecule has 2 atom stereocenters. The molecule has 0 radical (unpaired) electrons. The summed E-state index contributed by atoms with van der Waals surface area (Å²) in [7, 11) is -8.42. The number of aromatic carboxylic acids is 1. The molecule has 372 valence electrons. The Bertz CT molecular complexity index is 2510. The Hall–Kier alpha value is -6.08. The number of alkyl halides is 4. The smallest absolute Gasteiger partial charge is 0.388 e. The summed E-state index contributed by atoms with van der Waals surface area (Å²) in [5, 5.41) is 20.7. The Kier molecular flexibility index (Phi) is 22.6. The molecule has 30 heteroatoms. The number of terminal acetylenes is 1. The first-order valence-corrected chi connectivity index (χ1v) is 24.8. The summed E-state index contributed by atoms with van der Waals surface area (Å²) in [5.74, 6) is -4.82. The molecule has 5 rings (SSSR count). The van der Waals surface area contributed by atoms with Crippen LogP contribution in [0.2, 0.25) is 5.02 Å². The second-order valence-electron chi connectivity index (χ2n) is 13.6. The van der Waals surface area contributed by atoms with Gasteiger partial charge in [0.2, 0.25) is 17.7 Å². The highest BCUT2D eigenvalue weighted by Crippen LogP contribution is 2.40. The minimum atomic E-state index is -4.71. The van der Waals surface area contributed by atoms with Gasteiger partial charge in [0.1, 0.15) is 24.1 Å². The van der Waals surface area contributed by atoms with Crippen LogP contribution < -0.4 is 39.4 Å². The van der Waals surface area contributed by atoms with Crippen LogP contribution in [-0.4, -0.2) is 114 Å². The number of carboxylic acids is 2. The Morgan fingerprint density at radius 1 is 0.971 bits per heavy atom. The lowest BCUT2D eigenvalue weighted by Gasteiger charge is -2.19. The molecule has 2 unspecified atom stereocenters. The second kappa shape index (κ2) is 26.5. The molecule has 2 heterocycles. The molecule has 1 aliphatic heterocycles. The predicted molar refractivity (Wildman–Crippen MR) is 232 cm³/mol. The van der Waals surface area contributed by atoms with Gasteiger partial charge < -0.3 is 38.8 Å². The first-order chi connectivity index (χ1) is 31.6. The maximum absolute atomic E-state index is 14.4. The summed E-state index contributed by atoms with van der Waals surface area (Å²) in [6, 6.07) is 5.50. The van der Waals surface area contributed by atoms with E-state index in [2.05, 4.69) is 44.1 Å². The van der Waals surface area contributed by atoms with Crippen LogP contribution in [-0.2, 0) is 39.9 Å². The minimum Gasteiger partial charge on any atom is -0.778 e. The van der Waals surface area contributed by atoms with E-state index >= 15 is 0 Å². The van der Waals surface area contributed by atoms with Crippen molar-refractivity contribution in [3.05, 3.63) is 70.0 Å². The normalized spacial score (nSPS) is 14.4. The molecule has 0 spiro atoms. The fourth-order valence-corrected chi connectivity index (χ4v) is 6.91. The Labute approximate surface area is 392 Å². The molecule has 4 amide bonds. The Morgan fingerprint density at radius 3 is 1.94 bits per heavy atom. The van der Waals surface area contributed by atoms with E-state index < -0.39 is 114 Å². The summed E-state index contributed by atoms with van der Waals surface area (Å²) >= 11 is 5.97. The first kappa shape index (κ1) is 58.0. The highest BCUT2D eigenvalue weighted by Gasteiger charge is 2.41. The quantitative estimate of drug-likeness (QED) is 0.0409. The molecule has 0 bridgehead atoms. The number of aliphatic carboxylic acids is 1. The third-order valence-corrected chi connectivity index (χ3v) is 10.0. The van der Waals surface area contributed by atoms with Gasteiger partial charge in [-0.3, -0.25) is 25.0 Å². The van der Waals surface area contributed by atoms with Gasteiger partial charge in [0.05, 0.1) is 53.9 Å². The topological polar surface area (TPSA) is 313 Å². The second-order valence-corrected chi connectivity index (χ2v) is 19.7. The zero-order valence-corrected chi connectivity index (χ0v) is 39.0. The van der Waals surface area contributed by atoms with Crippen LogP contribution in [0.15, 0.2) is 58.5 Å². The van der Waals surface area contributed by atoms with Crippen LogP contribution in [0, 0.1) is 18.2 Å². The molecular weight excluding hydrogens is 1010 g/mol. The summed E-state index contributed by atoms with van der Waals surface area (Å²) in [5.41, 5.74) is 0.164. The monoisotopic (exact) mass is 1050 g/mol. The molecule has 2 aromatic carbocycles. The van der Waals surface area contributed by atoms with Crippen LogP contribution in [0.5, 0.6) is 17.5 Å². The lowest BCUT2D eigenvalue weighted by Crippen LogP contribution is -2.35. The van der Waals surface area contributed by atoms with Gasteiger partial charge in [0, 0.05) is 17.2 Å². The molecule has 1 aromatic heterocycles. The predicted octanol–water partition coefficient (Wildman–Crippen LogP) is 4.17.